The van der Waals surface area contributed by atoms with Crippen molar-refractivity contribution in [3.63, 3.8) is 0 Å². The van der Waals surface area contributed by atoms with Crippen molar-refractivity contribution in [1.82, 2.24) is 14.7 Å². The number of carbonyl (C=O) groups is 2. The zero-order chi connectivity index (χ0) is 20.1. The smallest absolute Gasteiger partial charge is 0.253 e. The third-order valence-corrected chi connectivity index (χ3v) is 6.73. The minimum atomic E-state index is -0.0227. The molecule has 1 aliphatic carbocycles. The van der Waals surface area contributed by atoms with E-state index < -0.39 is 0 Å². The van der Waals surface area contributed by atoms with Gasteiger partial charge in [-0.05, 0) is 50.8 Å². The summed E-state index contributed by atoms with van der Waals surface area (Å²) in [7, 11) is 0. The van der Waals surface area contributed by atoms with Crippen molar-refractivity contribution >= 4 is 27.7 Å². The van der Waals surface area contributed by atoms with Crippen LogP contribution in [-0.4, -0.2) is 71.8 Å². The Morgan fingerprint density at radius 3 is 2.32 bits per heavy atom. The lowest BCUT2D eigenvalue weighted by atomic mass is 9.94. The second-order valence-electron chi connectivity index (χ2n) is 7.84. The maximum atomic E-state index is 13.3. The van der Waals surface area contributed by atoms with Gasteiger partial charge in [0.2, 0.25) is 5.91 Å². The molecule has 1 unspecified atom stereocenters. The van der Waals surface area contributed by atoms with E-state index in [0.717, 1.165) is 49.1 Å². The third-order valence-electron chi connectivity index (χ3n) is 6.24. The van der Waals surface area contributed by atoms with E-state index in [1.54, 1.807) is 0 Å². The van der Waals surface area contributed by atoms with E-state index in [2.05, 4.69) is 34.7 Å². The molecule has 1 heterocycles. The van der Waals surface area contributed by atoms with Crippen LogP contribution in [0.5, 0.6) is 0 Å². The van der Waals surface area contributed by atoms with Gasteiger partial charge in [0.1, 0.15) is 0 Å². The van der Waals surface area contributed by atoms with Crippen molar-refractivity contribution in [2.45, 2.75) is 45.6 Å². The normalized spacial score (nSPS) is 19.6. The minimum Gasteiger partial charge on any atom is -0.342 e. The van der Waals surface area contributed by atoms with E-state index in [0.29, 0.717) is 19.0 Å². The molecule has 1 atom stereocenters. The summed E-state index contributed by atoms with van der Waals surface area (Å²) >= 11 is 3.44. The van der Waals surface area contributed by atoms with Gasteiger partial charge in [0.25, 0.3) is 5.91 Å². The Labute approximate surface area is 177 Å². The van der Waals surface area contributed by atoms with Gasteiger partial charge in [-0.25, -0.2) is 0 Å². The van der Waals surface area contributed by atoms with Crippen LogP contribution < -0.4 is 0 Å². The Hall–Kier alpha value is -1.40. The fourth-order valence-corrected chi connectivity index (χ4v) is 5.06. The number of likely N-dealkylation sites (N-methyl/N-ethyl adjacent to an activating group) is 1. The van der Waals surface area contributed by atoms with Gasteiger partial charge in [-0.15, -0.1) is 0 Å². The van der Waals surface area contributed by atoms with E-state index in [9.17, 15) is 9.59 Å². The number of piperazine rings is 1. The summed E-state index contributed by atoms with van der Waals surface area (Å²) in [5, 5.41) is 0. The first-order valence-corrected chi connectivity index (χ1v) is 11.4. The maximum absolute atomic E-state index is 13.3. The molecule has 0 N–H and O–H groups in total. The van der Waals surface area contributed by atoms with Crippen molar-refractivity contribution in [3.05, 3.63) is 34.3 Å². The molecule has 154 valence electrons. The quantitative estimate of drug-likeness (QED) is 0.665. The van der Waals surface area contributed by atoms with Crippen LogP contribution in [0.3, 0.4) is 0 Å². The molecule has 5 nitrogen and oxygen atoms in total. The highest BCUT2D eigenvalue weighted by Gasteiger charge is 2.38. The van der Waals surface area contributed by atoms with E-state index >= 15 is 0 Å². The lowest BCUT2D eigenvalue weighted by molar-refractivity contribution is -0.139. The van der Waals surface area contributed by atoms with Crippen LogP contribution in [0.1, 0.15) is 49.9 Å². The predicted molar refractivity (Wildman–Crippen MR) is 115 cm³/mol. The van der Waals surface area contributed by atoms with Crippen molar-refractivity contribution < 1.29 is 9.59 Å². The van der Waals surface area contributed by atoms with Crippen LogP contribution in [0.4, 0.5) is 0 Å². The molecule has 1 aromatic carbocycles. The zero-order valence-corrected chi connectivity index (χ0v) is 18.7. The lowest BCUT2D eigenvalue weighted by Gasteiger charge is -2.42. The molecule has 28 heavy (non-hydrogen) atoms. The van der Waals surface area contributed by atoms with E-state index in [-0.39, 0.29) is 17.9 Å². The average molecular weight is 450 g/mol. The molecule has 0 aromatic heterocycles. The monoisotopic (exact) mass is 449 g/mol. The second kappa shape index (κ2) is 9.88. The molecule has 2 amide bonds. The Morgan fingerprint density at radius 2 is 1.75 bits per heavy atom. The first-order valence-electron chi connectivity index (χ1n) is 10.6. The van der Waals surface area contributed by atoms with Crippen LogP contribution in [-0.2, 0) is 4.79 Å². The predicted octanol–water partition coefficient (Wildman–Crippen LogP) is 3.63. The highest BCUT2D eigenvalue weighted by molar-refractivity contribution is 9.10. The average Bonchev–Trinajstić information content (AvgIpc) is 3.23. The van der Waals surface area contributed by atoms with Gasteiger partial charge in [-0.2, -0.15) is 0 Å². The Balaban J connectivity index is 1.67. The fourth-order valence-electron chi connectivity index (χ4n) is 4.66. The number of rotatable bonds is 6. The molecule has 0 bridgehead atoms. The molecule has 1 saturated carbocycles. The molecule has 3 rings (SSSR count). The van der Waals surface area contributed by atoms with Crippen LogP contribution in [0, 0.1) is 5.92 Å². The Bertz CT molecular complexity index is 678. The summed E-state index contributed by atoms with van der Waals surface area (Å²) in [6.45, 7) is 8.55. The van der Waals surface area contributed by atoms with E-state index in [1.165, 1.54) is 12.8 Å². The maximum Gasteiger partial charge on any atom is 0.253 e. The second-order valence-corrected chi connectivity index (χ2v) is 8.75. The number of hydrogen-bond acceptors (Lipinski definition) is 3. The topological polar surface area (TPSA) is 43.9 Å². The van der Waals surface area contributed by atoms with Crippen molar-refractivity contribution in [3.8, 4) is 0 Å². The van der Waals surface area contributed by atoms with Gasteiger partial charge in [-0.3, -0.25) is 14.5 Å². The lowest BCUT2D eigenvalue weighted by Crippen LogP contribution is -2.58. The van der Waals surface area contributed by atoms with Crippen LogP contribution in [0.15, 0.2) is 28.7 Å². The van der Waals surface area contributed by atoms with Crippen molar-refractivity contribution in [2.24, 2.45) is 5.92 Å². The summed E-state index contributed by atoms with van der Waals surface area (Å²) in [6, 6.07) is 7.54. The van der Waals surface area contributed by atoms with Gasteiger partial charge < -0.3 is 9.80 Å². The molecular weight excluding hydrogens is 418 g/mol. The van der Waals surface area contributed by atoms with Crippen LogP contribution in [0.2, 0.25) is 0 Å². The third kappa shape index (κ3) is 4.77. The Kier molecular flexibility index (Phi) is 7.52. The first kappa shape index (κ1) is 21.3. The van der Waals surface area contributed by atoms with Gasteiger partial charge >= 0.3 is 0 Å². The van der Waals surface area contributed by atoms with Gasteiger partial charge in [0.15, 0.2) is 0 Å². The van der Waals surface area contributed by atoms with Gasteiger partial charge in [0.05, 0.1) is 6.04 Å². The molecule has 2 fully saturated rings. The van der Waals surface area contributed by atoms with E-state index in [1.807, 2.05) is 34.1 Å². The van der Waals surface area contributed by atoms with Gasteiger partial charge in [-0.1, -0.05) is 34.8 Å². The molecule has 6 heteroatoms. The fraction of sp³-hybridized carbons (Fsp3) is 0.636. The molecule has 1 saturated heterocycles. The van der Waals surface area contributed by atoms with E-state index in [4.69, 9.17) is 0 Å². The molecule has 0 spiro atoms. The molecule has 0 radical (unpaired) electrons. The summed E-state index contributed by atoms with van der Waals surface area (Å²) in [4.78, 5) is 32.3. The summed E-state index contributed by atoms with van der Waals surface area (Å²) in [5.41, 5.74) is 0.717. The molecule has 2 aliphatic rings. The number of hydrogen-bond donors (Lipinski definition) is 0. The number of halogens is 1. The SMILES string of the molecule is CCN(CC)C(=O)C(C1CCCC1)N1CCN(C(=O)c2cccc(Br)c2)CC1. The van der Waals surface area contributed by atoms with Crippen molar-refractivity contribution in [1.29, 1.82) is 0 Å². The summed E-state index contributed by atoms with van der Waals surface area (Å²) in [6.07, 6.45) is 4.76. The van der Waals surface area contributed by atoms with Gasteiger partial charge in [0, 0.05) is 49.3 Å². The van der Waals surface area contributed by atoms with Crippen LogP contribution in [0.25, 0.3) is 0 Å². The Morgan fingerprint density at radius 1 is 1.11 bits per heavy atom. The number of benzene rings is 1. The summed E-state index contributed by atoms with van der Waals surface area (Å²) in [5.74, 6) is 0.817. The number of carbonyl (C=O) groups excluding carboxylic acids is 2. The highest BCUT2D eigenvalue weighted by Crippen LogP contribution is 2.32. The van der Waals surface area contributed by atoms with Crippen LogP contribution >= 0.6 is 15.9 Å². The molecule has 1 aliphatic heterocycles. The minimum absolute atomic E-state index is 0.0227. The number of amides is 2. The standard InChI is InChI=1S/C22H32BrN3O2/c1-3-24(4-2)22(28)20(17-8-5-6-9-17)25-12-14-26(15-13-25)21(27)18-10-7-11-19(23)16-18/h7,10-11,16-17,20H,3-6,8-9,12-15H2,1-2H3. The largest absolute Gasteiger partial charge is 0.342 e. The highest BCUT2D eigenvalue weighted by atomic mass is 79.9. The summed E-state index contributed by atoms with van der Waals surface area (Å²) < 4.78 is 0.920. The van der Waals surface area contributed by atoms with Crippen molar-refractivity contribution in [2.75, 3.05) is 39.3 Å². The molecule has 1 aromatic rings. The zero-order valence-electron chi connectivity index (χ0n) is 17.1. The first-order chi connectivity index (χ1) is 13.5. The number of nitrogens with zero attached hydrogens (tertiary/aromatic N) is 3. The molecular formula is C22H32BrN3O2.